The minimum atomic E-state index is -0.262. The predicted octanol–water partition coefficient (Wildman–Crippen LogP) is 3.35. The third kappa shape index (κ3) is 5.37. The van der Waals surface area contributed by atoms with E-state index >= 15 is 0 Å². The van der Waals surface area contributed by atoms with E-state index in [-0.39, 0.29) is 18.0 Å². The zero-order valence-electron chi connectivity index (χ0n) is 15.5. The number of urea groups is 1. The molecule has 138 valence electrons. The van der Waals surface area contributed by atoms with E-state index in [1.807, 2.05) is 32.9 Å². The summed E-state index contributed by atoms with van der Waals surface area (Å²) in [6.45, 7) is 8.39. The van der Waals surface area contributed by atoms with Gasteiger partial charge in [-0.2, -0.15) is 0 Å². The van der Waals surface area contributed by atoms with Crippen LogP contribution in [0, 0.1) is 0 Å². The van der Waals surface area contributed by atoms with Crippen molar-refractivity contribution in [2.45, 2.75) is 52.5 Å². The van der Waals surface area contributed by atoms with Crippen molar-refractivity contribution < 1.29 is 9.59 Å². The molecule has 1 aromatic rings. The number of rotatable bonds is 6. The molecular formula is C19H30N4O2. The number of hydrogen-bond acceptors (Lipinski definition) is 3. The Morgan fingerprint density at radius 1 is 1.16 bits per heavy atom. The highest BCUT2D eigenvalue weighted by Gasteiger charge is 2.20. The van der Waals surface area contributed by atoms with Crippen molar-refractivity contribution in [2.24, 2.45) is 0 Å². The molecule has 1 aliphatic heterocycles. The number of amides is 3. The second-order valence-corrected chi connectivity index (χ2v) is 6.55. The van der Waals surface area contributed by atoms with E-state index in [0.29, 0.717) is 17.8 Å². The van der Waals surface area contributed by atoms with E-state index in [4.69, 9.17) is 0 Å². The maximum atomic E-state index is 12.8. The normalized spacial score (nSPS) is 15.4. The number of nitrogens with zero attached hydrogens (tertiary/aromatic N) is 1. The fraction of sp³-hybridized carbons (Fsp3) is 0.579. The molecule has 1 aliphatic rings. The summed E-state index contributed by atoms with van der Waals surface area (Å²) in [4.78, 5) is 26.8. The lowest BCUT2D eigenvalue weighted by Crippen LogP contribution is -2.35. The fourth-order valence-electron chi connectivity index (χ4n) is 2.95. The lowest BCUT2D eigenvalue weighted by atomic mass is 10.1. The molecule has 0 radical (unpaired) electrons. The van der Waals surface area contributed by atoms with E-state index in [9.17, 15) is 9.59 Å². The highest BCUT2D eigenvalue weighted by molar-refractivity contribution is 6.02. The van der Waals surface area contributed by atoms with Gasteiger partial charge >= 0.3 is 6.03 Å². The highest BCUT2D eigenvalue weighted by atomic mass is 16.2. The Balaban J connectivity index is 2.27. The van der Waals surface area contributed by atoms with Crippen molar-refractivity contribution >= 4 is 23.3 Å². The van der Waals surface area contributed by atoms with Crippen molar-refractivity contribution in [3.63, 3.8) is 0 Å². The van der Waals surface area contributed by atoms with E-state index < -0.39 is 0 Å². The molecule has 1 aromatic carbocycles. The number of hydrogen-bond donors (Lipinski definition) is 3. The van der Waals surface area contributed by atoms with Gasteiger partial charge in [-0.1, -0.05) is 6.92 Å². The van der Waals surface area contributed by atoms with Gasteiger partial charge in [-0.05, 0) is 57.7 Å². The molecule has 0 aliphatic carbocycles. The van der Waals surface area contributed by atoms with Crippen LogP contribution in [0.5, 0.6) is 0 Å². The molecule has 3 amide bonds. The first-order valence-electron chi connectivity index (χ1n) is 9.29. The number of benzene rings is 1. The third-order valence-electron chi connectivity index (χ3n) is 4.52. The Kier molecular flexibility index (Phi) is 7.10. The maximum Gasteiger partial charge on any atom is 0.319 e. The molecule has 25 heavy (non-hydrogen) atoms. The van der Waals surface area contributed by atoms with Crippen LogP contribution < -0.4 is 20.9 Å². The van der Waals surface area contributed by atoms with Gasteiger partial charge in [0.15, 0.2) is 0 Å². The largest absolute Gasteiger partial charge is 0.371 e. The average Bonchev–Trinajstić information content (AvgIpc) is 2.62. The van der Waals surface area contributed by atoms with Gasteiger partial charge in [-0.25, -0.2) is 4.79 Å². The Hall–Kier alpha value is -2.24. The average molecular weight is 346 g/mol. The van der Waals surface area contributed by atoms with E-state index in [2.05, 4.69) is 20.9 Å². The summed E-state index contributed by atoms with van der Waals surface area (Å²) < 4.78 is 0. The zero-order chi connectivity index (χ0) is 18.2. The number of carbonyl (C=O) groups excluding carboxylic acids is 2. The first-order valence-corrected chi connectivity index (χ1v) is 9.29. The van der Waals surface area contributed by atoms with Crippen molar-refractivity contribution in [1.82, 2.24) is 10.6 Å². The van der Waals surface area contributed by atoms with Crippen LogP contribution in [0.1, 0.15) is 56.8 Å². The van der Waals surface area contributed by atoms with E-state index in [1.165, 1.54) is 6.42 Å². The molecule has 2 rings (SSSR count). The number of nitrogens with one attached hydrogen (secondary N) is 3. The summed E-state index contributed by atoms with van der Waals surface area (Å²) in [5, 5.41) is 8.53. The first kappa shape index (κ1) is 19.1. The Bertz CT molecular complexity index is 597. The van der Waals surface area contributed by atoms with Crippen molar-refractivity contribution in [3.8, 4) is 0 Å². The van der Waals surface area contributed by atoms with Crippen LogP contribution in [0.4, 0.5) is 16.2 Å². The molecule has 0 bridgehead atoms. The number of piperidine rings is 1. The molecule has 1 unspecified atom stereocenters. The standard InChI is InChI=1S/C19H30N4O2/c1-4-14(3)21-18(24)16-13-15(22-19(25)20-5-2)9-10-17(16)23-11-7-6-8-12-23/h9-10,13-14H,4-8,11-12H2,1-3H3,(H,21,24)(H2,20,22,25). The molecule has 3 N–H and O–H groups in total. The van der Waals surface area contributed by atoms with Gasteiger partial charge in [0.2, 0.25) is 0 Å². The fourth-order valence-corrected chi connectivity index (χ4v) is 2.95. The molecule has 0 saturated carbocycles. The predicted molar refractivity (Wildman–Crippen MR) is 102 cm³/mol. The smallest absolute Gasteiger partial charge is 0.319 e. The molecule has 1 saturated heterocycles. The van der Waals surface area contributed by atoms with Crippen LogP contribution in [0.3, 0.4) is 0 Å². The van der Waals surface area contributed by atoms with Crippen LogP contribution in [0.15, 0.2) is 18.2 Å². The molecule has 0 aromatic heterocycles. The zero-order valence-corrected chi connectivity index (χ0v) is 15.5. The second kappa shape index (κ2) is 9.30. The van der Waals surface area contributed by atoms with Gasteiger partial charge in [0.05, 0.1) is 5.56 Å². The van der Waals surface area contributed by atoms with Gasteiger partial charge in [0.1, 0.15) is 0 Å². The maximum absolute atomic E-state index is 12.8. The SMILES string of the molecule is CCNC(=O)Nc1ccc(N2CCCCC2)c(C(=O)NC(C)CC)c1. The van der Waals surface area contributed by atoms with Crippen molar-refractivity contribution in [2.75, 3.05) is 29.9 Å². The summed E-state index contributed by atoms with van der Waals surface area (Å²) in [7, 11) is 0. The van der Waals surface area contributed by atoms with Crippen LogP contribution in [-0.2, 0) is 0 Å². The summed E-state index contributed by atoms with van der Waals surface area (Å²) in [5.74, 6) is -0.0885. The van der Waals surface area contributed by atoms with Crippen LogP contribution in [0.2, 0.25) is 0 Å². The topological polar surface area (TPSA) is 73.5 Å². The molecule has 6 nitrogen and oxygen atoms in total. The monoisotopic (exact) mass is 346 g/mol. The van der Waals surface area contributed by atoms with Gasteiger partial charge < -0.3 is 20.9 Å². The van der Waals surface area contributed by atoms with Gasteiger partial charge in [0, 0.05) is 37.1 Å². The number of anilines is 2. The van der Waals surface area contributed by atoms with Crippen LogP contribution in [-0.4, -0.2) is 37.6 Å². The minimum absolute atomic E-state index is 0.0885. The van der Waals surface area contributed by atoms with Crippen LogP contribution in [0.25, 0.3) is 0 Å². The minimum Gasteiger partial charge on any atom is -0.371 e. The number of carbonyl (C=O) groups is 2. The lowest BCUT2D eigenvalue weighted by molar-refractivity contribution is 0.0939. The van der Waals surface area contributed by atoms with Crippen molar-refractivity contribution in [3.05, 3.63) is 23.8 Å². The Morgan fingerprint density at radius 2 is 1.88 bits per heavy atom. The Labute approximate surface area is 150 Å². The second-order valence-electron chi connectivity index (χ2n) is 6.55. The molecule has 1 fully saturated rings. The van der Waals surface area contributed by atoms with E-state index in [1.54, 1.807) is 6.07 Å². The molecular weight excluding hydrogens is 316 g/mol. The summed E-state index contributed by atoms with van der Waals surface area (Å²) in [5.41, 5.74) is 2.19. The first-order chi connectivity index (χ1) is 12.0. The van der Waals surface area contributed by atoms with Crippen molar-refractivity contribution in [1.29, 1.82) is 0 Å². The molecule has 6 heteroatoms. The van der Waals surface area contributed by atoms with Gasteiger partial charge in [0.25, 0.3) is 5.91 Å². The molecule has 1 heterocycles. The Morgan fingerprint density at radius 3 is 2.52 bits per heavy atom. The molecule has 1 atom stereocenters. The van der Waals surface area contributed by atoms with Crippen LogP contribution >= 0.6 is 0 Å². The summed E-state index contributed by atoms with van der Waals surface area (Å²) in [6.07, 6.45) is 4.40. The van der Waals surface area contributed by atoms with E-state index in [0.717, 1.165) is 38.0 Å². The highest BCUT2D eigenvalue weighted by Crippen LogP contribution is 2.27. The quantitative estimate of drug-likeness (QED) is 0.739. The third-order valence-corrected chi connectivity index (χ3v) is 4.52. The summed E-state index contributed by atoms with van der Waals surface area (Å²) >= 11 is 0. The van der Waals surface area contributed by atoms with Gasteiger partial charge in [-0.3, -0.25) is 4.79 Å². The summed E-state index contributed by atoms with van der Waals surface area (Å²) in [6, 6.07) is 5.43. The van der Waals surface area contributed by atoms with Gasteiger partial charge in [-0.15, -0.1) is 0 Å². The lowest BCUT2D eigenvalue weighted by Gasteiger charge is -2.31. The molecule has 0 spiro atoms.